The van der Waals surface area contributed by atoms with Crippen LogP contribution in [0.2, 0.25) is 0 Å². The second-order valence-corrected chi connectivity index (χ2v) is 19.3. The fraction of sp³-hybridized carbons (Fsp3) is 0.867. The van der Waals surface area contributed by atoms with Gasteiger partial charge >= 0.3 is 0 Å². The van der Waals surface area contributed by atoms with Gasteiger partial charge in [0, 0.05) is 0 Å². The van der Waals surface area contributed by atoms with Gasteiger partial charge in [-0.25, -0.2) is 0 Å². The maximum Gasteiger partial charge on any atom is 0.0761 e. The van der Waals surface area contributed by atoms with Crippen LogP contribution in [0.1, 0.15) is 160 Å². The topological polar surface area (TPSA) is 27.7 Å². The predicted molar refractivity (Wildman–Crippen MR) is 205 cm³/mol. The van der Waals surface area contributed by atoms with E-state index >= 15 is 0 Å². The molecule has 48 heavy (non-hydrogen) atoms. The lowest BCUT2D eigenvalue weighted by Crippen LogP contribution is -2.30. The van der Waals surface area contributed by atoms with Crippen molar-refractivity contribution in [3.63, 3.8) is 0 Å². The van der Waals surface area contributed by atoms with E-state index in [1.807, 2.05) is 0 Å². The highest BCUT2D eigenvalue weighted by atomic mass is 16.5. The molecule has 1 saturated heterocycles. The minimum atomic E-state index is 0.392. The lowest BCUT2D eigenvalue weighted by Gasteiger charge is -2.35. The summed E-state index contributed by atoms with van der Waals surface area (Å²) in [6.07, 6.45) is 22.5. The standard InChI is InChI=1S/3C15H26O/c3*1-11-7-8-16-14(9-11)10-13-6-5-12(2)15(13,3)4/h9,12-14H,5-8,10H2,1-4H3;7,12-14H,5-6,8-10H2,1-4H3;12-14H,1,5-10H2,2-4H3. The van der Waals surface area contributed by atoms with E-state index in [4.69, 9.17) is 14.2 Å². The number of hydrogen-bond donors (Lipinski definition) is 0. The molecule has 9 unspecified atom stereocenters. The summed E-state index contributed by atoms with van der Waals surface area (Å²) in [7, 11) is 0. The van der Waals surface area contributed by atoms with E-state index in [0.717, 1.165) is 81.0 Å². The Hall–Kier alpha value is -0.900. The predicted octanol–water partition coefficient (Wildman–Crippen LogP) is 12.6. The third kappa shape index (κ3) is 10.3. The lowest BCUT2D eigenvalue weighted by atomic mass is 9.73. The monoisotopic (exact) mass is 667 g/mol. The summed E-state index contributed by atoms with van der Waals surface area (Å²) in [5, 5.41) is 0. The van der Waals surface area contributed by atoms with Crippen molar-refractivity contribution in [2.24, 2.45) is 51.8 Å². The van der Waals surface area contributed by atoms with Gasteiger partial charge in [0.25, 0.3) is 0 Å². The lowest BCUT2D eigenvalue weighted by molar-refractivity contribution is 0.00658. The van der Waals surface area contributed by atoms with Crippen molar-refractivity contribution in [2.45, 2.75) is 178 Å². The van der Waals surface area contributed by atoms with Crippen molar-refractivity contribution in [2.75, 3.05) is 19.8 Å². The van der Waals surface area contributed by atoms with Crippen LogP contribution in [0.15, 0.2) is 35.5 Å². The molecule has 0 spiro atoms. The van der Waals surface area contributed by atoms with Crippen LogP contribution >= 0.6 is 0 Å². The fourth-order valence-electron chi connectivity index (χ4n) is 9.91. The average Bonchev–Trinajstić information content (AvgIpc) is 3.53. The van der Waals surface area contributed by atoms with Gasteiger partial charge in [-0.1, -0.05) is 97.8 Å². The van der Waals surface area contributed by atoms with Crippen LogP contribution in [0.3, 0.4) is 0 Å². The molecular weight excluding hydrogens is 588 g/mol. The van der Waals surface area contributed by atoms with Crippen molar-refractivity contribution in [1.82, 2.24) is 0 Å². The first-order valence-corrected chi connectivity index (χ1v) is 20.3. The fourth-order valence-corrected chi connectivity index (χ4v) is 9.91. The number of rotatable bonds is 6. The molecule has 276 valence electrons. The molecule has 0 aromatic heterocycles. The molecule has 0 bridgehead atoms. The number of ether oxygens (including phenoxy) is 3. The summed E-state index contributed by atoms with van der Waals surface area (Å²) in [5.41, 5.74) is 5.93. The van der Waals surface area contributed by atoms with E-state index in [-0.39, 0.29) is 0 Å². The van der Waals surface area contributed by atoms with E-state index in [1.165, 1.54) is 74.5 Å². The molecule has 6 rings (SSSR count). The molecule has 3 aliphatic carbocycles. The highest BCUT2D eigenvalue weighted by molar-refractivity contribution is 5.07. The zero-order chi connectivity index (χ0) is 35.3. The van der Waals surface area contributed by atoms with Crippen molar-refractivity contribution < 1.29 is 14.2 Å². The summed E-state index contributed by atoms with van der Waals surface area (Å²) in [6, 6.07) is 0. The zero-order valence-corrected chi connectivity index (χ0v) is 33.6. The minimum absolute atomic E-state index is 0.392. The summed E-state index contributed by atoms with van der Waals surface area (Å²) in [6.45, 7) is 33.1. The smallest absolute Gasteiger partial charge is 0.0761 e. The Labute approximate surface area is 298 Å². The van der Waals surface area contributed by atoms with Gasteiger partial charge in [0.05, 0.1) is 38.1 Å². The van der Waals surface area contributed by atoms with Crippen LogP contribution in [-0.2, 0) is 14.2 Å². The van der Waals surface area contributed by atoms with Gasteiger partial charge < -0.3 is 14.2 Å². The summed E-state index contributed by atoms with van der Waals surface area (Å²) >= 11 is 0. The van der Waals surface area contributed by atoms with E-state index < -0.39 is 0 Å². The Morgan fingerprint density at radius 1 is 0.604 bits per heavy atom. The third-order valence-corrected chi connectivity index (χ3v) is 15.4. The molecule has 3 nitrogen and oxygen atoms in total. The Balaban J connectivity index is 0.000000163. The minimum Gasteiger partial charge on any atom is -0.378 e. The second-order valence-electron chi connectivity index (χ2n) is 19.3. The molecule has 0 radical (unpaired) electrons. The van der Waals surface area contributed by atoms with Gasteiger partial charge in [-0.2, -0.15) is 0 Å². The SMILES string of the molecule is C=C1CCOC(CC2CCC(C)C2(C)C)C1.CC1=CC(CC2CCC(C)C2(C)C)OCC1.CC1=CCOC(CC2CCC(C)C2(C)C)C1. The van der Waals surface area contributed by atoms with E-state index in [2.05, 4.69) is 94.9 Å². The van der Waals surface area contributed by atoms with Crippen LogP contribution in [0.25, 0.3) is 0 Å². The molecule has 3 aliphatic heterocycles. The first-order valence-electron chi connectivity index (χ1n) is 20.3. The molecule has 0 aromatic carbocycles. The van der Waals surface area contributed by atoms with Crippen LogP contribution in [-0.4, -0.2) is 38.1 Å². The van der Waals surface area contributed by atoms with Crippen LogP contribution in [0.5, 0.6) is 0 Å². The highest BCUT2D eigenvalue weighted by Crippen LogP contribution is 2.51. The normalized spacial score (nSPS) is 38.6. The summed E-state index contributed by atoms with van der Waals surface area (Å²) < 4.78 is 17.6. The molecule has 0 amide bonds. The van der Waals surface area contributed by atoms with E-state index in [0.29, 0.717) is 34.6 Å². The van der Waals surface area contributed by atoms with Crippen molar-refractivity contribution >= 4 is 0 Å². The second kappa shape index (κ2) is 17.1. The zero-order valence-electron chi connectivity index (χ0n) is 33.6. The molecule has 0 N–H and O–H groups in total. The molecule has 9 atom stereocenters. The molecular formula is C45H78O3. The maximum absolute atomic E-state index is 5.88. The maximum atomic E-state index is 5.88. The van der Waals surface area contributed by atoms with Gasteiger partial charge in [-0.3, -0.25) is 0 Å². The Morgan fingerprint density at radius 2 is 1.08 bits per heavy atom. The quantitative estimate of drug-likeness (QED) is 0.264. The van der Waals surface area contributed by atoms with Gasteiger partial charge in [0.1, 0.15) is 0 Å². The largest absolute Gasteiger partial charge is 0.378 e. The van der Waals surface area contributed by atoms with Gasteiger partial charge in [-0.05, 0) is 149 Å². The Kier molecular flexibility index (Phi) is 14.2. The average molecular weight is 667 g/mol. The summed E-state index contributed by atoms with van der Waals surface area (Å²) in [5.74, 6) is 5.15. The van der Waals surface area contributed by atoms with Crippen LogP contribution in [0.4, 0.5) is 0 Å². The van der Waals surface area contributed by atoms with Gasteiger partial charge in [0.2, 0.25) is 0 Å². The Morgan fingerprint density at radius 3 is 1.52 bits per heavy atom. The van der Waals surface area contributed by atoms with E-state index in [9.17, 15) is 0 Å². The molecule has 3 saturated carbocycles. The van der Waals surface area contributed by atoms with Crippen molar-refractivity contribution in [1.29, 1.82) is 0 Å². The molecule has 3 heterocycles. The van der Waals surface area contributed by atoms with Crippen LogP contribution < -0.4 is 0 Å². The number of hydrogen-bond acceptors (Lipinski definition) is 3. The van der Waals surface area contributed by atoms with Gasteiger partial charge in [0.15, 0.2) is 0 Å². The molecule has 6 aliphatic rings. The third-order valence-electron chi connectivity index (χ3n) is 15.4. The molecule has 3 heteroatoms. The first-order chi connectivity index (χ1) is 22.5. The van der Waals surface area contributed by atoms with Gasteiger partial charge in [-0.15, -0.1) is 0 Å². The molecule has 0 aromatic rings. The highest BCUT2D eigenvalue weighted by Gasteiger charge is 2.43. The summed E-state index contributed by atoms with van der Waals surface area (Å²) in [4.78, 5) is 0. The first kappa shape index (κ1) is 39.9. The van der Waals surface area contributed by atoms with Crippen molar-refractivity contribution in [3.8, 4) is 0 Å². The Bertz CT molecular complexity index is 1060. The van der Waals surface area contributed by atoms with Crippen molar-refractivity contribution in [3.05, 3.63) is 35.5 Å². The van der Waals surface area contributed by atoms with Crippen LogP contribution in [0, 0.1) is 51.8 Å². The molecule has 4 fully saturated rings. The van der Waals surface area contributed by atoms with E-state index in [1.54, 1.807) is 0 Å².